The molecule has 0 saturated heterocycles. The molecule has 1 unspecified atom stereocenters. The summed E-state index contributed by atoms with van der Waals surface area (Å²) in [4.78, 5) is 0. The zero-order valence-electron chi connectivity index (χ0n) is 11.4. The Morgan fingerprint density at radius 2 is 2.14 bits per heavy atom. The highest BCUT2D eigenvalue weighted by Gasteiger charge is 2.12. The Balaban J connectivity index is 2.23. The van der Waals surface area contributed by atoms with E-state index in [4.69, 9.17) is 15.7 Å². The van der Waals surface area contributed by atoms with Crippen molar-refractivity contribution >= 4 is 15.9 Å². The maximum Gasteiger partial charge on any atom is 0.147 e. The molecule has 0 aliphatic rings. The molecule has 0 aliphatic heterocycles. The number of nitriles is 1. The molecule has 0 fully saturated rings. The topological polar surface area (TPSA) is 59.0 Å². The van der Waals surface area contributed by atoms with Crippen molar-refractivity contribution < 1.29 is 9.13 Å². The van der Waals surface area contributed by atoms with E-state index in [1.54, 1.807) is 18.2 Å². The van der Waals surface area contributed by atoms with E-state index in [1.165, 1.54) is 6.07 Å². The third kappa shape index (κ3) is 3.60. The molecule has 2 N–H and O–H groups in total. The summed E-state index contributed by atoms with van der Waals surface area (Å²) in [6.07, 6.45) is 0. The molecular formula is C16H14BrFN2O. The molecule has 108 valence electrons. The zero-order chi connectivity index (χ0) is 15.4. The van der Waals surface area contributed by atoms with Gasteiger partial charge < -0.3 is 10.5 Å². The van der Waals surface area contributed by atoms with Gasteiger partial charge in [0.1, 0.15) is 24.2 Å². The van der Waals surface area contributed by atoms with E-state index in [9.17, 15) is 4.39 Å². The van der Waals surface area contributed by atoms with E-state index in [0.717, 1.165) is 10.0 Å². The quantitative estimate of drug-likeness (QED) is 0.906. The number of nitrogens with zero attached hydrogens (tertiary/aromatic N) is 1. The van der Waals surface area contributed by atoms with E-state index < -0.39 is 5.82 Å². The monoisotopic (exact) mass is 348 g/mol. The van der Waals surface area contributed by atoms with Crippen LogP contribution in [-0.4, -0.2) is 0 Å². The lowest BCUT2D eigenvalue weighted by atomic mass is 10.1. The lowest BCUT2D eigenvalue weighted by Crippen LogP contribution is -2.09. The van der Waals surface area contributed by atoms with Crippen molar-refractivity contribution in [1.29, 1.82) is 5.26 Å². The standard InChI is InChI=1S/C16H14BrFN2O/c1-10(20)14-7-13(17)5-6-15(14)21-9-12-4-2-3-11(8-19)16(12)18/h2-7,10H,9,20H2,1H3. The van der Waals surface area contributed by atoms with Crippen molar-refractivity contribution in [3.8, 4) is 11.8 Å². The molecule has 1 atom stereocenters. The minimum Gasteiger partial charge on any atom is -0.488 e. The molecule has 21 heavy (non-hydrogen) atoms. The second-order valence-electron chi connectivity index (χ2n) is 4.65. The largest absolute Gasteiger partial charge is 0.488 e. The number of hydrogen-bond acceptors (Lipinski definition) is 3. The first-order chi connectivity index (χ1) is 10.0. The molecular weight excluding hydrogens is 335 g/mol. The number of hydrogen-bond donors (Lipinski definition) is 1. The van der Waals surface area contributed by atoms with Gasteiger partial charge in [0.05, 0.1) is 5.56 Å². The molecule has 2 aromatic rings. The molecule has 0 saturated carbocycles. The summed E-state index contributed by atoms with van der Waals surface area (Å²) >= 11 is 3.38. The van der Waals surface area contributed by atoms with Crippen LogP contribution in [0.3, 0.4) is 0 Å². The van der Waals surface area contributed by atoms with Crippen LogP contribution >= 0.6 is 15.9 Å². The number of nitrogens with two attached hydrogens (primary N) is 1. The highest BCUT2D eigenvalue weighted by Crippen LogP contribution is 2.28. The van der Waals surface area contributed by atoms with E-state index in [0.29, 0.717) is 11.3 Å². The first-order valence-electron chi connectivity index (χ1n) is 6.38. The summed E-state index contributed by atoms with van der Waals surface area (Å²) in [5.41, 5.74) is 7.10. The summed E-state index contributed by atoms with van der Waals surface area (Å²) in [6.45, 7) is 1.90. The van der Waals surface area contributed by atoms with Gasteiger partial charge in [-0.05, 0) is 31.2 Å². The Morgan fingerprint density at radius 3 is 2.81 bits per heavy atom. The van der Waals surface area contributed by atoms with Crippen LogP contribution < -0.4 is 10.5 Å². The van der Waals surface area contributed by atoms with Gasteiger partial charge in [0, 0.05) is 21.6 Å². The van der Waals surface area contributed by atoms with Crippen LogP contribution in [0.4, 0.5) is 4.39 Å². The Labute approximate surface area is 131 Å². The summed E-state index contributed by atoms with van der Waals surface area (Å²) in [6, 6.07) is 11.8. The van der Waals surface area contributed by atoms with E-state index in [-0.39, 0.29) is 18.2 Å². The number of rotatable bonds is 4. The highest BCUT2D eigenvalue weighted by molar-refractivity contribution is 9.10. The normalized spacial score (nSPS) is 11.8. The Bertz CT molecular complexity index is 695. The third-order valence-corrected chi connectivity index (χ3v) is 3.54. The minimum absolute atomic E-state index is 0.0133. The zero-order valence-corrected chi connectivity index (χ0v) is 13.0. The molecule has 0 radical (unpaired) electrons. The van der Waals surface area contributed by atoms with Crippen LogP contribution in [0.15, 0.2) is 40.9 Å². The molecule has 0 amide bonds. The Kier molecular flexibility index (Phi) is 4.94. The molecule has 0 spiro atoms. The van der Waals surface area contributed by atoms with Gasteiger partial charge in [-0.15, -0.1) is 0 Å². The summed E-state index contributed by atoms with van der Waals surface area (Å²) in [5.74, 6) is 0.0643. The molecule has 0 bridgehead atoms. The van der Waals surface area contributed by atoms with Gasteiger partial charge in [-0.1, -0.05) is 28.1 Å². The summed E-state index contributed by atoms with van der Waals surface area (Å²) < 4.78 is 20.5. The maximum atomic E-state index is 14.0. The van der Waals surface area contributed by atoms with Gasteiger partial charge >= 0.3 is 0 Å². The fourth-order valence-corrected chi connectivity index (χ4v) is 2.32. The van der Waals surface area contributed by atoms with Crippen LogP contribution in [0.5, 0.6) is 5.75 Å². The van der Waals surface area contributed by atoms with Crippen molar-refractivity contribution in [3.63, 3.8) is 0 Å². The molecule has 2 rings (SSSR count). The summed E-state index contributed by atoms with van der Waals surface area (Å²) in [7, 11) is 0. The van der Waals surface area contributed by atoms with Crippen molar-refractivity contribution in [3.05, 3.63) is 63.4 Å². The van der Waals surface area contributed by atoms with Gasteiger partial charge in [-0.25, -0.2) is 4.39 Å². The predicted molar refractivity (Wildman–Crippen MR) is 82.2 cm³/mol. The molecule has 3 nitrogen and oxygen atoms in total. The Hall–Kier alpha value is -1.90. The van der Waals surface area contributed by atoms with Crippen molar-refractivity contribution in [2.24, 2.45) is 5.73 Å². The second-order valence-corrected chi connectivity index (χ2v) is 5.57. The third-order valence-electron chi connectivity index (χ3n) is 3.04. The van der Waals surface area contributed by atoms with E-state index >= 15 is 0 Å². The van der Waals surface area contributed by atoms with E-state index in [2.05, 4.69) is 15.9 Å². The van der Waals surface area contributed by atoms with Crippen LogP contribution in [0.25, 0.3) is 0 Å². The number of halogens is 2. The van der Waals surface area contributed by atoms with Crippen molar-refractivity contribution in [2.75, 3.05) is 0 Å². The van der Waals surface area contributed by atoms with Crippen molar-refractivity contribution in [2.45, 2.75) is 19.6 Å². The molecule has 0 aliphatic carbocycles. The lowest BCUT2D eigenvalue weighted by molar-refractivity contribution is 0.295. The average Bonchev–Trinajstić information content (AvgIpc) is 2.47. The maximum absolute atomic E-state index is 14.0. The number of ether oxygens (including phenoxy) is 1. The van der Waals surface area contributed by atoms with Crippen molar-refractivity contribution in [1.82, 2.24) is 0 Å². The molecule has 5 heteroatoms. The van der Waals surface area contributed by atoms with Gasteiger partial charge in [-0.3, -0.25) is 0 Å². The fourth-order valence-electron chi connectivity index (χ4n) is 1.94. The molecule has 0 heterocycles. The first-order valence-corrected chi connectivity index (χ1v) is 7.17. The fraction of sp³-hybridized carbons (Fsp3) is 0.188. The van der Waals surface area contributed by atoms with Crippen LogP contribution in [0.1, 0.15) is 29.7 Å². The summed E-state index contributed by atoms with van der Waals surface area (Å²) in [5, 5.41) is 8.82. The molecule has 2 aromatic carbocycles. The predicted octanol–water partition coefficient (Wildman–Crippen LogP) is 4.06. The first kappa shape index (κ1) is 15.5. The van der Waals surface area contributed by atoms with Gasteiger partial charge in [0.15, 0.2) is 0 Å². The van der Waals surface area contributed by atoms with Crippen LogP contribution in [0, 0.1) is 17.1 Å². The van der Waals surface area contributed by atoms with E-state index in [1.807, 2.05) is 25.1 Å². The second kappa shape index (κ2) is 6.70. The minimum atomic E-state index is -0.542. The smallest absolute Gasteiger partial charge is 0.147 e. The van der Waals surface area contributed by atoms with Gasteiger partial charge in [0.25, 0.3) is 0 Å². The molecule has 0 aromatic heterocycles. The Morgan fingerprint density at radius 1 is 1.38 bits per heavy atom. The SMILES string of the molecule is CC(N)c1cc(Br)ccc1OCc1cccc(C#N)c1F. The average molecular weight is 349 g/mol. The van der Waals surface area contributed by atoms with Crippen LogP contribution in [0.2, 0.25) is 0 Å². The van der Waals surface area contributed by atoms with Crippen LogP contribution in [-0.2, 0) is 6.61 Å². The lowest BCUT2D eigenvalue weighted by Gasteiger charge is -2.15. The van der Waals surface area contributed by atoms with Gasteiger partial charge in [0.2, 0.25) is 0 Å². The number of benzene rings is 2. The highest BCUT2D eigenvalue weighted by atomic mass is 79.9. The van der Waals surface area contributed by atoms with Gasteiger partial charge in [-0.2, -0.15) is 5.26 Å².